The molecule has 0 bridgehead atoms. The topological polar surface area (TPSA) is 103 Å². The van der Waals surface area contributed by atoms with E-state index in [2.05, 4.69) is 10.2 Å². The molecule has 1 aromatic rings. The molecular formula is C22H31N3O5. The third-order valence-electron chi connectivity index (χ3n) is 5.71. The molecule has 1 saturated heterocycles. The van der Waals surface area contributed by atoms with Gasteiger partial charge in [-0.3, -0.25) is 9.69 Å². The van der Waals surface area contributed by atoms with Crippen molar-refractivity contribution >= 4 is 17.6 Å². The second-order valence-electron chi connectivity index (χ2n) is 7.73. The van der Waals surface area contributed by atoms with Crippen molar-refractivity contribution in [1.29, 1.82) is 0 Å². The Kier molecular flexibility index (Phi) is 7.33. The number of nitrogens with zero attached hydrogens (tertiary/aromatic N) is 1. The van der Waals surface area contributed by atoms with Gasteiger partial charge in [-0.05, 0) is 32.3 Å². The molecular weight excluding hydrogens is 386 g/mol. The zero-order valence-electron chi connectivity index (χ0n) is 18.0. The van der Waals surface area contributed by atoms with Crippen LogP contribution in [0.1, 0.15) is 46.8 Å². The number of esters is 2. The molecule has 2 aliphatic rings. The fraction of sp³-hybridized carbons (Fsp3) is 0.545. The minimum atomic E-state index is -0.386. The largest absolute Gasteiger partial charge is 0.496 e. The maximum Gasteiger partial charge on any atom is 0.341 e. The Morgan fingerprint density at radius 3 is 2.87 bits per heavy atom. The second-order valence-corrected chi connectivity index (χ2v) is 7.73. The predicted octanol–water partition coefficient (Wildman–Crippen LogP) is 1.93. The van der Waals surface area contributed by atoms with E-state index in [1.54, 1.807) is 7.11 Å². The number of benzene rings is 1. The molecule has 0 unspecified atom stereocenters. The molecule has 0 spiro atoms. The van der Waals surface area contributed by atoms with Crippen LogP contribution < -0.4 is 15.8 Å². The Morgan fingerprint density at radius 1 is 1.37 bits per heavy atom. The lowest BCUT2D eigenvalue weighted by Gasteiger charge is -2.16. The summed E-state index contributed by atoms with van der Waals surface area (Å²) in [4.78, 5) is 26.3. The van der Waals surface area contributed by atoms with Crippen LogP contribution in [-0.4, -0.2) is 56.9 Å². The van der Waals surface area contributed by atoms with Crippen molar-refractivity contribution in [2.45, 2.75) is 39.7 Å². The summed E-state index contributed by atoms with van der Waals surface area (Å²) in [6, 6.07) is 0. The molecule has 0 amide bonds. The molecule has 30 heavy (non-hydrogen) atoms. The Balaban J connectivity index is 1.56. The van der Waals surface area contributed by atoms with Gasteiger partial charge in [-0.15, -0.1) is 0 Å². The number of nitrogen functional groups attached to an aromatic ring is 1. The quantitative estimate of drug-likeness (QED) is 0.357. The van der Waals surface area contributed by atoms with E-state index in [-0.39, 0.29) is 18.5 Å². The number of rotatable bonds is 9. The highest BCUT2D eigenvalue weighted by atomic mass is 16.5. The zero-order valence-corrected chi connectivity index (χ0v) is 18.0. The minimum Gasteiger partial charge on any atom is -0.496 e. The maximum absolute atomic E-state index is 12.1. The van der Waals surface area contributed by atoms with Gasteiger partial charge in [-0.1, -0.05) is 11.6 Å². The standard InChI is InChI=1S/C22H31N3O5/c1-14(5-7-18(26)29-11-10-25-9-8-24-13-25)4-6-16-20(23)19-17(12-30-22(19)27)15(2)21(16)28-3/h4,24H,5-13,23H2,1-3H3. The molecule has 0 radical (unpaired) electrons. The third kappa shape index (κ3) is 4.94. The molecule has 1 aromatic carbocycles. The van der Waals surface area contributed by atoms with Crippen LogP contribution >= 0.6 is 0 Å². The molecule has 164 valence electrons. The summed E-state index contributed by atoms with van der Waals surface area (Å²) < 4.78 is 16.0. The van der Waals surface area contributed by atoms with Gasteiger partial charge < -0.3 is 25.3 Å². The number of allylic oxidation sites excluding steroid dienone is 2. The number of ether oxygens (including phenoxy) is 3. The fourth-order valence-electron chi connectivity index (χ4n) is 3.87. The minimum absolute atomic E-state index is 0.192. The summed E-state index contributed by atoms with van der Waals surface area (Å²) in [5.41, 5.74) is 10.7. The van der Waals surface area contributed by atoms with Crippen LogP contribution in [0, 0.1) is 6.92 Å². The van der Waals surface area contributed by atoms with Gasteiger partial charge in [0.05, 0.1) is 18.4 Å². The Morgan fingerprint density at radius 2 is 2.17 bits per heavy atom. The molecule has 8 heteroatoms. The van der Waals surface area contributed by atoms with Crippen molar-refractivity contribution in [3.63, 3.8) is 0 Å². The lowest BCUT2D eigenvalue weighted by molar-refractivity contribution is -0.143. The van der Waals surface area contributed by atoms with Gasteiger partial charge in [0.1, 0.15) is 19.0 Å². The monoisotopic (exact) mass is 417 g/mol. The first-order valence-corrected chi connectivity index (χ1v) is 10.3. The van der Waals surface area contributed by atoms with Crippen LogP contribution in [0.3, 0.4) is 0 Å². The zero-order chi connectivity index (χ0) is 21.7. The number of carbonyl (C=O) groups excluding carboxylic acids is 2. The molecule has 0 atom stereocenters. The van der Waals surface area contributed by atoms with Crippen molar-refractivity contribution in [2.75, 3.05) is 45.8 Å². The van der Waals surface area contributed by atoms with E-state index >= 15 is 0 Å². The second kappa shape index (κ2) is 9.95. The number of anilines is 1. The van der Waals surface area contributed by atoms with Gasteiger partial charge in [0.25, 0.3) is 0 Å². The van der Waals surface area contributed by atoms with Crippen LogP contribution in [0.15, 0.2) is 11.6 Å². The number of methoxy groups -OCH3 is 1. The maximum atomic E-state index is 12.1. The van der Waals surface area contributed by atoms with Crippen LogP contribution in [0.2, 0.25) is 0 Å². The summed E-state index contributed by atoms with van der Waals surface area (Å²) >= 11 is 0. The highest BCUT2D eigenvalue weighted by Crippen LogP contribution is 2.39. The molecule has 0 aliphatic carbocycles. The first kappa shape index (κ1) is 22.1. The van der Waals surface area contributed by atoms with E-state index in [0.717, 1.165) is 48.6 Å². The van der Waals surface area contributed by atoms with Gasteiger partial charge in [0, 0.05) is 43.9 Å². The number of nitrogens with one attached hydrogen (secondary N) is 1. The van der Waals surface area contributed by atoms with E-state index in [1.165, 1.54) is 0 Å². The van der Waals surface area contributed by atoms with Crippen molar-refractivity contribution in [1.82, 2.24) is 10.2 Å². The molecule has 0 aromatic heterocycles. The van der Waals surface area contributed by atoms with Gasteiger partial charge in [-0.25, -0.2) is 4.79 Å². The van der Waals surface area contributed by atoms with Crippen molar-refractivity contribution in [2.24, 2.45) is 0 Å². The third-order valence-corrected chi connectivity index (χ3v) is 5.71. The van der Waals surface area contributed by atoms with E-state index < -0.39 is 0 Å². The van der Waals surface area contributed by atoms with Crippen molar-refractivity contribution < 1.29 is 23.8 Å². The first-order valence-electron chi connectivity index (χ1n) is 10.3. The Labute approximate surface area is 177 Å². The molecule has 8 nitrogen and oxygen atoms in total. The van der Waals surface area contributed by atoms with Crippen molar-refractivity contribution in [3.05, 3.63) is 33.9 Å². The van der Waals surface area contributed by atoms with E-state index in [0.29, 0.717) is 42.9 Å². The predicted molar refractivity (Wildman–Crippen MR) is 113 cm³/mol. The van der Waals surface area contributed by atoms with Crippen LogP contribution in [0.25, 0.3) is 0 Å². The molecule has 3 N–H and O–H groups in total. The van der Waals surface area contributed by atoms with E-state index in [4.69, 9.17) is 19.9 Å². The number of cyclic esters (lactones) is 1. The first-order chi connectivity index (χ1) is 14.4. The molecule has 1 fully saturated rings. The summed E-state index contributed by atoms with van der Waals surface area (Å²) in [6.45, 7) is 8.12. The smallest absolute Gasteiger partial charge is 0.341 e. The number of hydrogen-bond acceptors (Lipinski definition) is 8. The van der Waals surface area contributed by atoms with Gasteiger partial charge in [-0.2, -0.15) is 0 Å². The average molecular weight is 418 g/mol. The lowest BCUT2D eigenvalue weighted by Crippen LogP contribution is -2.27. The number of fused-ring (bicyclic) bond motifs is 1. The number of nitrogens with two attached hydrogens (primary N) is 1. The van der Waals surface area contributed by atoms with Gasteiger partial charge >= 0.3 is 11.9 Å². The highest BCUT2D eigenvalue weighted by molar-refractivity contribution is 6.00. The Hall–Kier alpha value is -2.58. The van der Waals surface area contributed by atoms with E-state index in [9.17, 15) is 9.59 Å². The molecule has 2 aliphatic heterocycles. The summed E-state index contributed by atoms with van der Waals surface area (Å²) in [6.07, 6.45) is 3.48. The average Bonchev–Trinajstić information content (AvgIpc) is 3.38. The highest BCUT2D eigenvalue weighted by Gasteiger charge is 2.30. The summed E-state index contributed by atoms with van der Waals surface area (Å²) in [5, 5.41) is 3.24. The van der Waals surface area contributed by atoms with Gasteiger partial charge in [0.15, 0.2) is 0 Å². The lowest BCUT2D eigenvalue weighted by atomic mass is 9.94. The summed E-state index contributed by atoms with van der Waals surface area (Å²) in [5.74, 6) is 0.107. The fourth-order valence-corrected chi connectivity index (χ4v) is 3.87. The van der Waals surface area contributed by atoms with Crippen molar-refractivity contribution in [3.8, 4) is 5.75 Å². The Bertz CT molecular complexity index is 844. The summed E-state index contributed by atoms with van der Waals surface area (Å²) in [7, 11) is 1.60. The van der Waals surface area contributed by atoms with Crippen LogP contribution in [-0.2, 0) is 27.3 Å². The molecule has 3 rings (SSSR count). The molecule has 0 saturated carbocycles. The van der Waals surface area contributed by atoms with Crippen LogP contribution in [0.4, 0.5) is 5.69 Å². The SMILES string of the molecule is COc1c(C)c2c(c(N)c1CC=C(C)CCC(=O)OCCN1CCNC1)C(=O)OC2. The van der Waals surface area contributed by atoms with E-state index in [1.807, 2.05) is 19.9 Å². The normalized spacial score (nSPS) is 16.5. The van der Waals surface area contributed by atoms with Gasteiger partial charge in [0.2, 0.25) is 0 Å². The van der Waals surface area contributed by atoms with Crippen LogP contribution in [0.5, 0.6) is 5.75 Å². The number of carbonyl (C=O) groups is 2. The number of hydrogen-bond donors (Lipinski definition) is 2. The molecule has 2 heterocycles.